The fourth-order valence-electron chi connectivity index (χ4n) is 4.19. The first-order valence-corrected chi connectivity index (χ1v) is 8.82. The summed E-state index contributed by atoms with van der Waals surface area (Å²) in [5, 5.41) is 0. The van der Waals surface area contributed by atoms with Crippen molar-refractivity contribution in [3.63, 3.8) is 0 Å². The lowest BCUT2D eigenvalue weighted by Gasteiger charge is -2.47. The average molecular weight is 281 g/mol. The molecule has 0 heterocycles. The third-order valence-corrected chi connectivity index (χ3v) is 6.74. The highest BCUT2D eigenvalue weighted by Gasteiger charge is 2.41. The normalized spacial score (nSPS) is 33.5. The van der Waals surface area contributed by atoms with Crippen molar-refractivity contribution >= 4 is 0 Å². The predicted molar refractivity (Wildman–Crippen MR) is 87.7 cm³/mol. The van der Waals surface area contributed by atoms with Gasteiger partial charge in [0.1, 0.15) is 0 Å². The summed E-state index contributed by atoms with van der Waals surface area (Å²) in [6.07, 6.45) is 8.24. The predicted octanol–water partition coefficient (Wildman–Crippen LogP) is 3.90. The first-order valence-electron chi connectivity index (χ1n) is 8.82. The van der Waals surface area contributed by atoms with Crippen LogP contribution in [0.25, 0.3) is 0 Å². The van der Waals surface area contributed by atoms with Gasteiger partial charge in [-0.1, -0.05) is 27.2 Å². The third kappa shape index (κ3) is 3.39. The van der Waals surface area contributed by atoms with Gasteiger partial charge >= 0.3 is 0 Å². The minimum absolute atomic E-state index is 0.488. The zero-order chi connectivity index (χ0) is 14.9. The van der Waals surface area contributed by atoms with E-state index < -0.39 is 0 Å². The Bertz CT molecular complexity index is 309. The lowest BCUT2D eigenvalue weighted by atomic mass is 9.65. The molecular formula is C18H36N2. The van der Waals surface area contributed by atoms with Gasteiger partial charge in [-0.15, -0.1) is 0 Å². The molecule has 0 aliphatic heterocycles. The first kappa shape index (κ1) is 16.3. The van der Waals surface area contributed by atoms with E-state index in [1.54, 1.807) is 0 Å². The summed E-state index contributed by atoms with van der Waals surface area (Å²) in [5.41, 5.74) is 6.57. The molecule has 2 aliphatic carbocycles. The molecule has 2 aliphatic rings. The molecule has 2 heteroatoms. The summed E-state index contributed by atoms with van der Waals surface area (Å²) in [7, 11) is 2.36. The molecule has 0 amide bonds. The molecule has 0 saturated heterocycles. The molecule has 0 radical (unpaired) electrons. The van der Waals surface area contributed by atoms with Gasteiger partial charge in [-0.05, 0) is 75.8 Å². The van der Waals surface area contributed by atoms with Gasteiger partial charge in [0.25, 0.3) is 0 Å². The van der Waals surface area contributed by atoms with E-state index >= 15 is 0 Å². The van der Waals surface area contributed by atoms with Crippen molar-refractivity contribution in [1.82, 2.24) is 4.90 Å². The van der Waals surface area contributed by atoms with Gasteiger partial charge in [0.05, 0.1) is 0 Å². The Morgan fingerprint density at radius 2 is 1.85 bits per heavy atom. The van der Waals surface area contributed by atoms with Crippen molar-refractivity contribution in [1.29, 1.82) is 0 Å². The highest BCUT2D eigenvalue weighted by atomic mass is 15.2. The quantitative estimate of drug-likeness (QED) is 0.799. The van der Waals surface area contributed by atoms with E-state index in [9.17, 15) is 0 Å². The van der Waals surface area contributed by atoms with Crippen molar-refractivity contribution in [2.75, 3.05) is 13.6 Å². The fraction of sp³-hybridized carbons (Fsp3) is 1.00. The maximum atomic E-state index is 6.08. The standard InChI is InChI=1S/C18H36N2/c1-6-18(3,4)16-10-9-15(12-19)17(11-16)20(5)13(2)14-7-8-14/h13-17H,6-12,19H2,1-5H3. The Balaban J connectivity index is 2.05. The second-order valence-electron chi connectivity index (χ2n) is 8.16. The molecule has 20 heavy (non-hydrogen) atoms. The monoisotopic (exact) mass is 280 g/mol. The molecule has 0 spiro atoms. The van der Waals surface area contributed by atoms with Crippen LogP contribution in [0.15, 0.2) is 0 Å². The van der Waals surface area contributed by atoms with Crippen LogP contribution < -0.4 is 5.73 Å². The highest BCUT2D eigenvalue weighted by Crippen LogP contribution is 2.45. The van der Waals surface area contributed by atoms with Gasteiger partial charge in [-0.2, -0.15) is 0 Å². The summed E-state index contributed by atoms with van der Waals surface area (Å²) in [5.74, 6) is 2.54. The Hall–Kier alpha value is -0.0800. The van der Waals surface area contributed by atoms with Crippen LogP contribution in [0.5, 0.6) is 0 Å². The maximum absolute atomic E-state index is 6.08. The molecule has 0 aromatic rings. The summed E-state index contributed by atoms with van der Waals surface area (Å²) < 4.78 is 0. The minimum atomic E-state index is 0.488. The second-order valence-corrected chi connectivity index (χ2v) is 8.16. The maximum Gasteiger partial charge on any atom is 0.0138 e. The van der Waals surface area contributed by atoms with Crippen LogP contribution in [-0.4, -0.2) is 30.6 Å². The van der Waals surface area contributed by atoms with Crippen LogP contribution in [-0.2, 0) is 0 Å². The van der Waals surface area contributed by atoms with E-state index in [-0.39, 0.29) is 0 Å². The van der Waals surface area contributed by atoms with Crippen LogP contribution in [0.1, 0.15) is 66.2 Å². The van der Waals surface area contributed by atoms with Crippen molar-refractivity contribution in [3.05, 3.63) is 0 Å². The number of rotatable bonds is 6. The molecule has 4 atom stereocenters. The summed E-state index contributed by atoms with van der Waals surface area (Å²) in [6.45, 7) is 10.6. The Labute approximate surface area is 126 Å². The molecule has 4 unspecified atom stereocenters. The number of hydrogen-bond acceptors (Lipinski definition) is 2. The van der Waals surface area contributed by atoms with Gasteiger partial charge in [0.2, 0.25) is 0 Å². The largest absolute Gasteiger partial charge is 0.330 e. The first-order chi connectivity index (χ1) is 9.40. The van der Waals surface area contributed by atoms with E-state index in [1.807, 2.05) is 0 Å². The molecular weight excluding hydrogens is 244 g/mol. The van der Waals surface area contributed by atoms with Gasteiger partial charge in [-0.3, -0.25) is 0 Å². The van der Waals surface area contributed by atoms with Crippen molar-refractivity contribution < 1.29 is 0 Å². The second kappa shape index (κ2) is 6.36. The molecule has 2 nitrogen and oxygen atoms in total. The SMILES string of the molecule is CCC(C)(C)C1CCC(CN)C(N(C)C(C)C2CC2)C1. The highest BCUT2D eigenvalue weighted by molar-refractivity contribution is 4.94. The third-order valence-electron chi connectivity index (χ3n) is 6.74. The van der Waals surface area contributed by atoms with Gasteiger partial charge < -0.3 is 10.6 Å². The van der Waals surface area contributed by atoms with Crippen LogP contribution in [0.2, 0.25) is 0 Å². The summed E-state index contributed by atoms with van der Waals surface area (Å²) in [6, 6.07) is 1.46. The lowest BCUT2D eigenvalue weighted by molar-refractivity contribution is 0.0290. The Morgan fingerprint density at radius 3 is 2.35 bits per heavy atom. The van der Waals surface area contributed by atoms with Gasteiger partial charge in [0, 0.05) is 12.1 Å². The number of hydrogen-bond donors (Lipinski definition) is 1. The smallest absolute Gasteiger partial charge is 0.0138 e. The van der Waals surface area contributed by atoms with Crippen LogP contribution in [0, 0.1) is 23.2 Å². The van der Waals surface area contributed by atoms with Crippen LogP contribution in [0.4, 0.5) is 0 Å². The van der Waals surface area contributed by atoms with Crippen molar-refractivity contribution in [2.45, 2.75) is 78.3 Å². The van der Waals surface area contributed by atoms with Gasteiger partial charge in [0.15, 0.2) is 0 Å². The number of nitrogens with two attached hydrogens (primary N) is 1. The zero-order valence-corrected chi connectivity index (χ0v) is 14.4. The fourth-order valence-corrected chi connectivity index (χ4v) is 4.19. The molecule has 2 N–H and O–H groups in total. The van der Waals surface area contributed by atoms with E-state index in [0.717, 1.165) is 24.4 Å². The Kier molecular flexibility index (Phi) is 5.18. The topological polar surface area (TPSA) is 29.3 Å². The number of nitrogens with zero attached hydrogens (tertiary/aromatic N) is 1. The average Bonchev–Trinajstić information content (AvgIpc) is 3.29. The Morgan fingerprint density at radius 1 is 1.20 bits per heavy atom. The van der Waals surface area contributed by atoms with Crippen LogP contribution >= 0.6 is 0 Å². The van der Waals surface area contributed by atoms with E-state index in [1.165, 1.54) is 38.5 Å². The van der Waals surface area contributed by atoms with E-state index in [2.05, 4.69) is 39.6 Å². The van der Waals surface area contributed by atoms with E-state index in [0.29, 0.717) is 17.4 Å². The molecule has 0 aromatic heterocycles. The minimum Gasteiger partial charge on any atom is -0.330 e. The summed E-state index contributed by atoms with van der Waals surface area (Å²) in [4.78, 5) is 2.69. The van der Waals surface area contributed by atoms with Crippen molar-refractivity contribution in [2.24, 2.45) is 28.9 Å². The molecule has 0 aromatic carbocycles. The van der Waals surface area contributed by atoms with E-state index in [4.69, 9.17) is 5.73 Å². The zero-order valence-electron chi connectivity index (χ0n) is 14.4. The molecule has 2 fully saturated rings. The molecule has 118 valence electrons. The lowest BCUT2D eigenvalue weighted by Crippen LogP contribution is -2.50. The van der Waals surface area contributed by atoms with Crippen LogP contribution in [0.3, 0.4) is 0 Å². The molecule has 2 rings (SSSR count). The van der Waals surface area contributed by atoms with Gasteiger partial charge in [-0.25, -0.2) is 0 Å². The summed E-state index contributed by atoms with van der Waals surface area (Å²) >= 11 is 0. The van der Waals surface area contributed by atoms with Crippen molar-refractivity contribution in [3.8, 4) is 0 Å². The molecule has 2 saturated carbocycles. The molecule has 0 bridgehead atoms.